The predicted octanol–water partition coefficient (Wildman–Crippen LogP) is 4.56. The molecule has 0 saturated carbocycles. The van der Waals surface area contributed by atoms with Crippen molar-refractivity contribution in [2.24, 2.45) is 0 Å². The minimum absolute atomic E-state index is 0.579. The minimum atomic E-state index is 0.579. The molecular formula is C13H18Br2N2. The van der Waals surface area contributed by atoms with Gasteiger partial charge in [-0.1, -0.05) is 0 Å². The normalized spacial score (nSPS) is 25.1. The van der Waals surface area contributed by atoms with Crippen LogP contribution in [0.25, 0.3) is 0 Å². The molecule has 1 aliphatic rings. The van der Waals surface area contributed by atoms with Crippen molar-refractivity contribution in [2.45, 2.75) is 45.2 Å². The highest BCUT2D eigenvalue weighted by Gasteiger charge is 2.27. The van der Waals surface area contributed by atoms with Crippen LogP contribution in [0, 0.1) is 0 Å². The van der Waals surface area contributed by atoms with Crippen LogP contribution in [0.5, 0.6) is 0 Å². The van der Waals surface area contributed by atoms with Crippen LogP contribution in [0.4, 0.5) is 11.4 Å². The van der Waals surface area contributed by atoms with Gasteiger partial charge in [0.2, 0.25) is 0 Å². The van der Waals surface area contributed by atoms with Gasteiger partial charge in [-0.3, -0.25) is 0 Å². The summed E-state index contributed by atoms with van der Waals surface area (Å²) in [5.41, 5.74) is 7.87. The summed E-state index contributed by atoms with van der Waals surface area (Å²) in [4.78, 5) is 2.50. The highest BCUT2D eigenvalue weighted by molar-refractivity contribution is 9.11. The number of halogens is 2. The third kappa shape index (κ3) is 2.63. The number of nitrogens with two attached hydrogens (primary N) is 1. The van der Waals surface area contributed by atoms with Gasteiger partial charge in [-0.15, -0.1) is 0 Å². The lowest BCUT2D eigenvalue weighted by molar-refractivity contribution is 0.413. The maximum atomic E-state index is 5.85. The molecule has 2 rings (SSSR count). The molecule has 2 N–H and O–H groups in total. The smallest absolute Gasteiger partial charge is 0.0661 e. The van der Waals surface area contributed by atoms with E-state index in [1.165, 1.54) is 24.9 Å². The highest BCUT2D eigenvalue weighted by Crippen LogP contribution is 2.40. The molecule has 17 heavy (non-hydrogen) atoms. The van der Waals surface area contributed by atoms with Crippen LogP contribution in [0.1, 0.15) is 33.1 Å². The van der Waals surface area contributed by atoms with Crippen LogP contribution in [-0.2, 0) is 0 Å². The van der Waals surface area contributed by atoms with E-state index >= 15 is 0 Å². The lowest BCUT2D eigenvalue weighted by Gasteiger charge is -2.42. The van der Waals surface area contributed by atoms with Crippen molar-refractivity contribution >= 4 is 43.2 Å². The number of nitrogen functional groups attached to an aromatic ring is 1. The van der Waals surface area contributed by atoms with E-state index in [4.69, 9.17) is 5.73 Å². The molecule has 0 aliphatic carbocycles. The fraction of sp³-hybridized carbons (Fsp3) is 0.538. The van der Waals surface area contributed by atoms with Gasteiger partial charge in [-0.05, 0) is 77.1 Å². The van der Waals surface area contributed by atoms with Crippen molar-refractivity contribution in [3.63, 3.8) is 0 Å². The Balaban J connectivity index is 2.44. The van der Waals surface area contributed by atoms with E-state index in [-0.39, 0.29) is 0 Å². The summed E-state index contributed by atoms with van der Waals surface area (Å²) in [6, 6.07) is 5.12. The Morgan fingerprint density at radius 2 is 1.59 bits per heavy atom. The summed E-state index contributed by atoms with van der Waals surface area (Å²) < 4.78 is 2.15. The van der Waals surface area contributed by atoms with Crippen LogP contribution in [0.2, 0.25) is 0 Å². The second-order valence-corrected chi connectivity index (χ2v) is 6.58. The van der Waals surface area contributed by atoms with Gasteiger partial charge in [-0.25, -0.2) is 0 Å². The van der Waals surface area contributed by atoms with Crippen LogP contribution in [-0.4, -0.2) is 12.1 Å². The molecule has 1 aromatic rings. The molecule has 2 nitrogen and oxygen atoms in total. The third-order valence-corrected chi connectivity index (χ3v) is 4.70. The molecule has 0 bridgehead atoms. The number of hydrogen-bond acceptors (Lipinski definition) is 2. The fourth-order valence-electron chi connectivity index (χ4n) is 2.69. The van der Waals surface area contributed by atoms with Crippen LogP contribution < -0.4 is 10.6 Å². The molecule has 0 spiro atoms. The predicted molar refractivity (Wildman–Crippen MR) is 81.5 cm³/mol. The van der Waals surface area contributed by atoms with Gasteiger partial charge in [0.05, 0.1) is 5.69 Å². The first-order chi connectivity index (χ1) is 8.00. The fourth-order valence-corrected chi connectivity index (χ4v) is 4.33. The molecule has 1 saturated heterocycles. The molecule has 0 amide bonds. The number of rotatable bonds is 1. The van der Waals surface area contributed by atoms with Crippen molar-refractivity contribution < 1.29 is 0 Å². The summed E-state index contributed by atoms with van der Waals surface area (Å²) in [6.07, 6.45) is 3.84. The average molecular weight is 362 g/mol. The Kier molecular flexibility index (Phi) is 4.03. The third-order valence-electron chi connectivity index (χ3n) is 3.49. The SMILES string of the molecule is C[C@@H]1CCC[C@@H](C)N1c1c(Br)cc(N)cc1Br. The first-order valence-corrected chi connectivity index (χ1v) is 7.62. The zero-order valence-corrected chi connectivity index (χ0v) is 13.4. The van der Waals surface area contributed by atoms with E-state index in [1.54, 1.807) is 0 Å². The van der Waals surface area contributed by atoms with E-state index < -0.39 is 0 Å². The summed E-state index contributed by atoms with van der Waals surface area (Å²) in [6.45, 7) is 4.59. The van der Waals surface area contributed by atoms with E-state index in [0.717, 1.165) is 14.6 Å². The largest absolute Gasteiger partial charge is 0.399 e. The Morgan fingerprint density at radius 3 is 2.06 bits per heavy atom. The molecule has 94 valence electrons. The Morgan fingerprint density at radius 1 is 1.12 bits per heavy atom. The maximum absolute atomic E-state index is 5.85. The zero-order chi connectivity index (χ0) is 12.6. The quantitative estimate of drug-likeness (QED) is 0.743. The van der Waals surface area contributed by atoms with E-state index in [9.17, 15) is 0 Å². The molecular weight excluding hydrogens is 344 g/mol. The van der Waals surface area contributed by atoms with Crippen LogP contribution >= 0.6 is 31.9 Å². The molecule has 2 atom stereocenters. The molecule has 0 aromatic heterocycles. The van der Waals surface area contributed by atoms with Gasteiger partial charge in [0.25, 0.3) is 0 Å². The second kappa shape index (κ2) is 5.19. The van der Waals surface area contributed by atoms with E-state index in [0.29, 0.717) is 12.1 Å². The van der Waals surface area contributed by atoms with Gasteiger partial charge < -0.3 is 10.6 Å². The number of piperidine rings is 1. The molecule has 0 unspecified atom stereocenters. The summed E-state index contributed by atoms with van der Waals surface area (Å²) in [5, 5.41) is 0. The lowest BCUT2D eigenvalue weighted by atomic mass is 9.96. The van der Waals surface area contributed by atoms with Gasteiger partial charge in [0, 0.05) is 26.7 Å². The molecule has 1 heterocycles. The molecule has 1 aliphatic heterocycles. The monoisotopic (exact) mass is 360 g/mol. The van der Waals surface area contributed by atoms with Gasteiger partial charge in [0.1, 0.15) is 0 Å². The highest BCUT2D eigenvalue weighted by atomic mass is 79.9. The first-order valence-electron chi connectivity index (χ1n) is 6.03. The molecule has 0 radical (unpaired) electrons. The van der Waals surface area contributed by atoms with Crippen molar-refractivity contribution in [2.75, 3.05) is 10.6 Å². The number of anilines is 2. The molecule has 4 heteroatoms. The molecule has 1 aromatic carbocycles. The Hall–Kier alpha value is -0.220. The van der Waals surface area contributed by atoms with Crippen molar-refractivity contribution in [3.05, 3.63) is 21.1 Å². The number of benzene rings is 1. The lowest BCUT2D eigenvalue weighted by Crippen LogP contribution is -2.44. The minimum Gasteiger partial charge on any atom is -0.399 e. The van der Waals surface area contributed by atoms with E-state index in [1.807, 2.05) is 12.1 Å². The Bertz CT molecular complexity index is 387. The summed E-state index contributed by atoms with van der Waals surface area (Å²) >= 11 is 7.27. The van der Waals surface area contributed by atoms with Crippen LogP contribution in [0.3, 0.4) is 0 Å². The second-order valence-electron chi connectivity index (χ2n) is 4.87. The maximum Gasteiger partial charge on any atom is 0.0661 e. The van der Waals surface area contributed by atoms with Crippen LogP contribution in [0.15, 0.2) is 21.1 Å². The van der Waals surface area contributed by atoms with Crippen molar-refractivity contribution in [1.29, 1.82) is 0 Å². The summed E-state index contributed by atoms with van der Waals surface area (Å²) in [5.74, 6) is 0. The first kappa shape index (κ1) is 13.2. The topological polar surface area (TPSA) is 29.3 Å². The Labute approximate surface area is 120 Å². The van der Waals surface area contributed by atoms with E-state index in [2.05, 4.69) is 50.6 Å². The standard InChI is InChI=1S/C13H18Br2N2/c1-8-4-3-5-9(2)17(8)13-11(14)6-10(16)7-12(13)15/h6-9H,3-5,16H2,1-2H3/t8-,9-/m1/s1. The number of hydrogen-bond donors (Lipinski definition) is 1. The van der Waals surface area contributed by atoms with Gasteiger partial charge in [0.15, 0.2) is 0 Å². The summed E-state index contributed by atoms with van der Waals surface area (Å²) in [7, 11) is 0. The van der Waals surface area contributed by atoms with Gasteiger partial charge in [-0.2, -0.15) is 0 Å². The van der Waals surface area contributed by atoms with Crippen molar-refractivity contribution in [1.82, 2.24) is 0 Å². The zero-order valence-electron chi connectivity index (χ0n) is 10.2. The molecule has 1 fully saturated rings. The van der Waals surface area contributed by atoms with Crippen molar-refractivity contribution in [3.8, 4) is 0 Å². The van der Waals surface area contributed by atoms with Gasteiger partial charge >= 0.3 is 0 Å². The number of nitrogens with zero attached hydrogens (tertiary/aromatic N) is 1. The average Bonchev–Trinajstić information content (AvgIpc) is 2.21.